The van der Waals surface area contributed by atoms with Crippen LogP contribution in [0.3, 0.4) is 0 Å². The van der Waals surface area contributed by atoms with Gasteiger partial charge in [0.05, 0.1) is 0 Å². The molecular formula is C11H12F2N4O. The molecule has 0 aliphatic rings. The van der Waals surface area contributed by atoms with Crippen LogP contribution >= 0.6 is 0 Å². The number of amides is 1. The zero-order chi connectivity index (χ0) is 13.4. The number of hydrogen-bond acceptors (Lipinski definition) is 2. The van der Waals surface area contributed by atoms with E-state index in [0.29, 0.717) is 32.0 Å². The van der Waals surface area contributed by atoms with Gasteiger partial charge in [0.15, 0.2) is 0 Å². The van der Waals surface area contributed by atoms with Gasteiger partial charge in [-0.05, 0) is 30.5 Å². The summed E-state index contributed by atoms with van der Waals surface area (Å²) in [6.07, 6.45) is 1.27. The highest BCUT2D eigenvalue weighted by atomic mass is 19.1. The van der Waals surface area contributed by atoms with E-state index in [4.69, 9.17) is 5.53 Å². The van der Waals surface area contributed by atoms with Gasteiger partial charge in [0.2, 0.25) is 0 Å². The van der Waals surface area contributed by atoms with Crippen LogP contribution in [-0.4, -0.2) is 19.0 Å². The van der Waals surface area contributed by atoms with Crippen LogP contribution in [0.5, 0.6) is 0 Å². The second-order valence-electron chi connectivity index (χ2n) is 3.58. The molecule has 0 spiro atoms. The summed E-state index contributed by atoms with van der Waals surface area (Å²) in [7, 11) is 0. The topological polar surface area (TPSA) is 77.9 Å². The fraction of sp³-hybridized carbons (Fsp3) is 0.364. The van der Waals surface area contributed by atoms with E-state index >= 15 is 0 Å². The minimum absolute atomic E-state index is 0.0532. The number of halogens is 2. The summed E-state index contributed by atoms with van der Waals surface area (Å²) in [5.41, 5.74) is 7.98. The molecular weight excluding hydrogens is 242 g/mol. The van der Waals surface area contributed by atoms with Crippen LogP contribution in [0.1, 0.15) is 23.2 Å². The first kappa shape index (κ1) is 13.9. The number of azide groups is 1. The average molecular weight is 254 g/mol. The molecule has 0 atom stereocenters. The van der Waals surface area contributed by atoms with Gasteiger partial charge < -0.3 is 5.32 Å². The zero-order valence-electron chi connectivity index (χ0n) is 9.57. The van der Waals surface area contributed by atoms with Crippen molar-refractivity contribution in [3.63, 3.8) is 0 Å². The standard InChI is InChI=1S/C11H12F2N4O/c12-9-5-8(6-10(13)7-9)11(18)15-3-1-2-4-16-17-14/h5-7H,1-4H2,(H,15,18). The number of benzene rings is 1. The van der Waals surface area contributed by atoms with Gasteiger partial charge in [0.25, 0.3) is 5.91 Å². The molecule has 0 aliphatic heterocycles. The Labute approximate surface area is 102 Å². The fourth-order valence-corrected chi connectivity index (χ4v) is 1.34. The molecule has 0 aliphatic carbocycles. The molecule has 1 rings (SSSR count). The number of carbonyl (C=O) groups excluding carboxylic acids is 1. The summed E-state index contributed by atoms with van der Waals surface area (Å²) in [6.45, 7) is 0.721. The van der Waals surface area contributed by atoms with E-state index in [1.165, 1.54) is 0 Å². The SMILES string of the molecule is [N-]=[N+]=NCCCCNC(=O)c1cc(F)cc(F)c1. The van der Waals surface area contributed by atoms with Crippen LogP contribution < -0.4 is 5.32 Å². The van der Waals surface area contributed by atoms with E-state index in [0.717, 1.165) is 12.1 Å². The number of carbonyl (C=O) groups is 1. The molecule has 0 saturated heterocycles. The predicted octanol–water partition coefficient (Wildman–Crippen LogP) is 2.79. The Morgan fingerprint density at radius 3 is 2.56 bits per heavy atom. The maximum absolute atomic E-state index is 12.8. The molecule has 0 fully saturated rings. The first-order chi connectivity index (χ1) is 8.63. The molecule has 1 N–H and O–H groups in total. The fourth-order valence-electron chi connectivity index (χ4n) is 1.34. The van der Waals surface area contributed by atoms with Gasteiger partial charge in [-0.3, -0.25) is 4.79 Å². The lowest BCUT2D eigenvalue weighted by Gasteiger charge is -2.04. The molecule has 1 aromatic carbocycles. The molecule has 0 heterocycles. The molecule has 0 radical (unpaired) electrons. The van der Waals surface area contributed by atoms with Gasteiger partial charge >= 0.3 is 0 Å². The van der Waals surface area contributed by atoms with Crippen LogP contribution in [0.4, 0.5) is 8.78 Å². The van der Waals surface area contributed by atoms with E-state index in [-0.39, 0.29) is 5.56 Å². The van der Waals surface area contributed by atoms with Gasteiger partial charge in [-0.25, -0.2) is 8.78 Å². The van der Waals surface area contributed by atoms with Crippen LogP contribution in [0.2, 0.25) is 0 Å². The van der Waals surface area contributed by atoms with Crippen molar-refractivity contribution < 1.29 is 13.6 Å². The Kier molecular flexibility index (Phi) is 5.60. The summed E-state index contributed by atoms with van der Waals surface area (Å²) in [6, 6.07) is 2.65. The first-order valence-electron chi connectivity index (χ1n) is 5.38. The van der Waals surface area contributed by atoms with Gasteiger partial charge in [-0.1, -0.05) is 5.11 Å². The van der Waals surface area contributed by atoms with E-state index in [1.54, 1.807) is 0 Å². The second kappa shape index (κ2) is 7.24. The van der Waals surface area contributed by atoms with Gasteiger partial charge in [-0.2, -0.15) is 0 Å². The summed E-state index contributed by atoms with van der Waals surface area (Å²) < 4.78 is 25.7. The molecule has 96 valence electrons. The molecule has 0 aromatic heterocycles. The third kappa shape index (κ3) is 4.80. The average Bonchev–Trinajstić information content (AvgIpc) is 2.32. The summed E-state index contributed by atoms with van der Waals surface area (Å²) in [5, 5.41) is 5.86. The van der Waals surface area contributed by atoms with Gasteiger partial charge in [0, 0.05) is 29.6 Å². The van der Waals surface area contributed by atoms with Crippen LogP contribution in [0, 0.1) is 11.6 Å². The molecule has 1 aromatic rings. The van der Waals surface area contributed by atoms with Crippen LogP contribution in [0.25, 0.3) is 10.4 Å². The summed E-state index contributed by atoms with van der Waals surface area (Å²) in [5.74, 6) is -2.11. The number of nitrogens with zero attached hydrogens (tertiary/aromatic N) is 3. The largest absolute Gasteiger partial charge is 0.352 e. The first-order valence-corrected chi connectivity index (χ1v) is 5.38. The number of rotatable bonds is 6. The maximum atomic E-state index is 12.8. The number of nitrogens with one attached hydrogen (secondary N) is 1. The van der Waals surface area contributed by atoms with Crippen molar-refractivity contribution in [3.05, 3.63) is 45.8 Å². The zero-order valence-corrected chi connectivity index (χ0v) is 9.57. The molecule has 0 saturated carbocycles. The summed E-state index contributed by atoms with van der Waals surface area (Å²) >= 11 is 0. The number of unbranched alkanes of at least 4 members (excludes halogenated alkanes) is 1. The Hall–Kier alpha value is -2.14. The normalized spacial score (nSPS) is 9.67. The lowest BCUT2D eigenvalue weighted by atomic mass is 10.2. The minimum Gasteiger partial charge on any atom is -0.352 e. The highest BCUT2D eigenvalue weighted by Crippen LogP contribution is 2.07. The quantitative estimate of drug-likeness (QED) is 0.360. The van der Waals surface area contributed by atoms with Crippen molar-refractivity contribution in [2.75, 3.05) is 13.1 Å². The Balaban J connectivity index is 2.38. The molecule has 7 heteroatoms. The summed E-state index contributed by atoms with van der Waals surface area (Å²) in [4.78, 5) is 14.1. The Morgan fingerprint density at radius 2 is 1.94 bits per heavy atom. The highest BCUT2D eigenvalue weighted by Gasteiger charge is 2.08. The lowest BCUT2D eigenvalue weighted by molar-refractivity contribution is 0.0952. The van der Waals surface area contributed by atoms with E-state index in [2.05, 4.69) is 15.3 Å². The molecule has 0 bridgehead atoms. The molecule has 5 nitrogen and oxygen atoms in total. The minimum atomic E-state index is -0.788. The monoisotopic (exact) mass is 254 g/mol. The third-order valence-corrected chi connectivity index (χ3v) is 2.16. The van der Waals surface area contributed by atoms with E-state index < -0.39 is 17.5 Å². The molecule has 0 unspecified atom stereocenters. The van der Waals surface area contributed by atoms with E-state index in [9.17, 15) is 13.6 Å². The van der Waals surface area contributed by atoms with Crippen molar-refractivity contribution in [1.29, 1.82) is 0 Å². The van der Waals surface area contributed by atoms with Crippen molar-refractivity contribution in [2.24, 2.45) is 5.11 Å². The van der Waals surface area contributed by atoms with Gasteiger partial charge in [0.1, 0.15) is 11.6 Å². The predicted molar refractivity (Wildman–Crippen MR) is 61.9 cm³/mol. The van der Waals surface area contributed by atoms with Crippen molar-refractivity contribution >= 4 is 5.91 Å². The van der Waals surface area contributed by atoms with Crippen molar-refractivity contribution in [1.82, 2.24) is 5.32 Å². The van der Waals surface area contributed by atoms with Crippen molar-refractivity contribution in [3.8, 4) is 0 Å². The van der Waals surface area contributed by atoms with Crippen LogP contribution in [0.15, 0.2) is 23.3 Å². The molecule has 1 amide bonds. The lowest BCUT2D eigenvalue weighted by Crippen LogP contribution is -2.24. The highest BCUT2D eigenvalue weighted by molar-refractivity contribution is 5.94. The molecule has 18 heavy (non-hydrogen) atoms. The smallest absolute Gasteiger partial charge is 0.251 e. The van der Waals surface area contributed by atoms with Crippen molar-refractivity contribution in [2.45, 2.75) is 12.8 Å². The third-order valence-electron chi connectivity index (χ3n) is 2.16. The second-order valence-corrected chi connectivity index (χ2v) is 3.58. The van der Waals surface area contributed by atoms with Crippen LogP contribution in [-0.2, 0) is 0 Å². The Bertz CT molecular complexity index is 452. The van der Waals surface area contributed by atoms with E-state index in [1.807, 2.05) is 0 Å². The van der Waals surface area contributed by atoms with Gasteiger partial charge in [-0.15, -0.1) is 0 Å². The maximum Gasteiger partial charge on any atom is 0.251 e. The Morgan fingerprint density at radius 1 is 1.28 bits per heavy atom. The number of hydrogen-bond donors (Lipinski definition) is 1.